The van der Waals surface area contributed by atoms with E-state index in [0.29, 0.717) is 5.92 Å². The van der Waals surface area contributed by atoms with E-state index >= 15 is 0 Å². The van der Waals surface area contributed by atoms with Gasteiger partial charge in [0.15, 0.2) is 0 Å². The van der Waals surface area contributed by atoms with Crippen molar-refractivity contribution < 1.29 is 0 Å². The molecule has 0 bridgehead atoms. The van der Waals surface area contributed by atoms with Gasteiger partial charge in [-0.1, -0.05) is 45.2 Å². The number of benzene rings is 1. The van der Waals surface area contributed by atoms with Gasteiger partial charge in [0.2, 0.25) is 0 Å². The summed E-state index contributed by atoms with van der Waals surface area (Å²) in [5.41, 5.74) is 1.48. The second-order valence-electron chi connectivity index (χ2n) is 6.14. The molecule has 0 spiro atoms. The van der Waals surface area contributed by atoms with Gasteiger partial charge < -0.3 is 5.32 Å². The highest BCUT2D eigenvalue weighted by Crippen LogP contribution is 2.33. The van der Waals surface area contributed by atoms with Crippen molar-refractivity contribution in [3.05, 3.63) is 29.8 Å². The number of hydrogen-bond donors (Lipinski definition) is 1. The summed E-state index contributed by atoms with van der Waals surface area (Å²) >= 11 is 2.09. The molecule has 112 valence electrons. The molecular weight excluding hydrogens is 262 g/mol. The molecule has 1 aliphatic rings. The van der Waals surface area contributed by atoms with Crippen molar-refractivity contribution in [1.29, 1.82) is 0 Å². The fraction of sp³-hybridized carbons (Fsp3) is 0.667. The lowest BCUT2D eigenvalue weighted by Crippen LogP contribution is -2.21. The minimum absolute atomic E-state index is 0.715. The molecule has 1 aromatic carbocycles. The first-order valence-corrected chi connectivity index (χ1v) is 9.12. The van der Waals surface area contributed by atoms with E-state index < -0.39 is 0 Å². The van der Waals surface area contributed by atoms with E-state index in [9.17, 15) is 0 Å². The average molecular weight is 292 g/mol. The standard InChI is InChI=1S/C18H29NS/c1-3-19-14-15(2)13-16-9-11-18(12-10-16)20-17-7-5-4-6-8-17/h9-12,15,17,19H,3-8,13-14H2,1-2H3. The third-order valence-corrected chi connectivity index (χ3v) is 5.45. The first-order chi connectivity index (χ1) is 9.78. The van der Waals surface area contributed by atoms with Gasteiger partial charge in [-0.05, 0) is 56.0 Å². The molecule has 1 atom stereocenters. The number of nitrogens with one attached hydrogen (secondary N) is 1. The molecular formula is C18H29NS. The van der Waals surface area contributed by atoms with Crippen LogP contribution in [0.1, 0.15) is 51.5 Å². The van der Waals surface area contributed by atoms with Crippen LogP contribution in [0, 0.1) is 5.92 Å². The van der Waals surface area contributed by atoms with Gasteiger partial charge in [0.1, 0.15) is 0 Å². The second-order valence-corrected chi connectivity index (χ2v) is 7.51. The SMILES string of the molecule is CCNCC(C)Cc1ccc(SC2CCCCC2)cc1. The van der Waals surface area contributed by atoms with Crippen molar-refractivity contribution >= 4 is 11.8 Å². The summed E-state index contributed by atoms with van der Waals surface area (Å²) in [6.07, 6.45) is 8.30. The molecule has 1 saturated carbocycles. The molecule has 0 aromatic heterocycles. The van der Waals surface area contributed by atoms with E-state index in [4.69, 9.17) is 0 Å². The van der Waals surface area contributed by atoms with Gasteiger partial charge in [0.25, 0.3) is 0 Å². The van der Waals surface area contributed by atoms with Crippen LogP contribution in [0.5, 0.6) is 0 Å². The predicted octanol–water partition coefficient (Wildman–Crippen LogP) is 4.90. The van der Waals surface area contributed by atoms with E-state index in [1.54, 1.807) is 0 Å². The van der Waals surface area contributed by atoms with Crippen molar-refractivity contribution in [3.8, 4) is 0 Å². The molecule has 20 heavy (non-hydrogen) atoms. The molecule has 1 nitrogen and oxygen atoms in total. The van der Waals surface area contributed by atoms with Gasteiger partial charge in [-0.2, -0.15) is 0 Å². The van der Waals surface area contributed by atoms with Crippen molar-refractivity contribution in [2.75, 3.05) is 13.1 Å². The van der Waals surface area contributed by atoms with Crippen LogP contribution in [0.3, 0.4) is 0 Å². The smallest absolute Gasteiger partial charge is 0.00944 e. The van der Waals surface area contributed by atoms with Crippen LogP contribution in [-0.4, -0.2) is 18.3 Å². The Morgan fingerprint density at radius 3 is 2.50 bits per heavy atom. The van der Waals surface area contributed by atoms with Crippen LogP contribution in [0.2, 0.25) is 0 Å². The van der Waals surface area contributed by atoms with Crippen molar-refractivity contribution in [1.82, 2.24) is 5.32 Å². The fourth-order valence-corrected chi connectivity index (χ4v) is 4.19. The summed E-state index contributed by atoms with van der Waals surface area (Å²) in [6.45, 7) is 6.69. The van der Waals surface area contributed by atoms with Gasteiger partial charge in [-0.25, -0.2) is 0 Å². The molecule has 0 saturated heterocycles. The van der Waals surface area contributed by atoms with Crippen molar-refractivity contribution in [2.45, 2.75) is 62.5 Å². The Morgan fingerprint density at radius 2 is 1.85 bits per heavy atom. The minimum Gasteiger partial charge on any atom is -0.317 e. The highest BCUT2D eigenvalue weighted by atomic mass is 32.2. The average Bonchev–Trinajstić information content (AvgIpc) is 2.48. The number of hydrogen-bond acceptors (Lipinski definition) is 2. The molecule has 1 unspecified atom stereocenters. The van der Waals surface area contributed by atoms with Crippen LogP contribution in [0.15, 0.2) is 29.2 Å². The molecule has 0 amide bonds. The Kier molecular flexibility index (Phi) is 6.95. The highest BCUT2D eigenvalue weighted by Gasteiger charge is 2.14. The third-order valence-electron chi connectivity index (χ3n) is 4.11. The van der Waals surface area contributed by atoms with Crippen LogP contribution < -0.4 is 5.32 Å². The summed E-state index contributed by atoms with van der Waals surface area (Å²) in [4.78, 5) is 1.46. The summed E-state index contributed by atoms with van der Waals surface area (Å²) in [7, 11) is 0. The van der Waals surface area contributed by atoms with Gasteiger partial charge in [0, 0.05) is 10.1 Å². The van der Waals surface area contributed by atoms with E-state index in [-0.39, 0.29) is 0 Å². The quantitative estimate of drug-likeness (QED) is 0.767. The molecule has 1 aromatic rings. The monoisotopic (exact) mass is 291 g/mol. The van der Waals surface area contributed by atoms with Gasteiger partial charge in [0.05, 0.1) is 0 Å². The molecule has 1 fully saturated rings. The van der Waals surface area contributed by atoms with E-state index in [2.05, 4.69) is 55.2 Å². The lowest BCUT2D eigenvalue weighted by Gasteiger charge is -2.21. The van der Waals surface area contributed by atoms with Crippen LogP contribution in [-0.2, 0) is 6.42 Å². The van der Waals surface area contributed by atoms with E-state index in [0.717, 1.165) is 18.3 Å². The second kappa shape index (κ2) is 8.74. The van der Waals surface area contributed by atoms with E-state index in [1.807, 2.05) is 0 Å². The molecule has 0 radical (unpaired) electrons. The van der Waals surface area contributed by atoms with Crippen LogP contribution >= 0.6 is 11.8 Å². The minimum atomic E-state index is 0.715. The maximum absolute atomic E-state index is 3.43. The third kappa shape index (κ3) is 5.49. The predicted molar refractivity (Wildman–Crippen MR) is 90.6 cm³/mol. The first-order valence-electron chi connectivity index (χ1n) is 8.24. The normalized spacial score (nSPS) is 18.1. The summed E-state index contributed by atoms with van der Waals surface area (Å²) in [5.74, 6) is 0.715. The highest BCUT2D eigenvalue weighted by molar-refractivity contribution is 8.00. The molecule has 1 aliphatic carbocycles. The van der Waals surface area contributed by atoms with Gasteiger partial charge in [-0.15, -0.1) is 11.8 Å². The maximum atomic E-state index is 3.43. The largest absolute Gasteiger partial charge is 0.317 e. The Bertz CT molecular complexity index is 368. The molecule has 2 rings (SSSR count). The Balaban J connectivity index is 1.79. The number of thioether (sulfide) groups is 1. The Morgan fingerprint density at radius 1 is 1.15 bits per heavy atom. The summed E-state index contributed by atoms with van der Waals surface area (Å²) < 4.78 is 0. The molecule has 1 N–H and O–H groups in total. The molecule has 2 heteroatoms. The van der Waals surface area contributed by atoms with E-state index in [1.165, 1.54) is 49.0 Å². The zero-order valence-electron chi connectivity index (χ0n) is 13.0. The molecule has 0 heterocycles. The summed E-state index contributed by atoms with van der Waals surface area (Å²) in [6, 6.07) is 9.31. The lowest BCUT2D eigenvalue weighted by atomic mass is 10.0. The van der Waals surface area contributed by atoms with Gasteiger partial charge >= 0.3 is 0 Å². The number of rotatable bonds is 7. The zero-order chi connectivity index (χ0) is 14.2. The first kappa shape index (κ1) is 15.9. The van der Waals surface area contributed by atoms with Crippen molar-refractivity contribution in [2.24, 2.45) is 5.92 Å². The maximum Gasteiger partial charge on any atom is 0.00944 e. The summed E-state index contributed by atoms with van der Waals surface area (Å²) in [5, 5.41) is 4.29. The topological polar surface area (TPSA) is 12.0 Å². The lowest BCUT2D eigenvalue weighted by molar-refractivity contribution is 0.516. The van der Waals surface area contributed by atoms with Crippen LogP contribution in [0.25, 0.3) is 0 Å². The Labute approximate surface area is 128 Å². The van der Waals surface area contributed by atoms with Crippen LogP contribution in [0.4, 0.5) is 0 Å². The van der Waals surface area contributed by atoms with Crippen molar-refractivity contribution in [3.63, 3.8) is 0 Å². The Hall–Kier alpha value is -0.470. The zero-order valence-corrected chi connectivity index (χ0v) is 13.8. The van der Waals surface area contributed by atoms with Gasteiger partial charge in [-0.3, -0.25) is 0 Å². The molecule has 0 aliphatic heterocycles. The fourth-order valence-electron chi connectivity index (χ4n) is 2.94.